The molecule has 0 spiro atoms. The van der Waals surface area contributed by atoms with Crippen molar-refractivity contribution in [3.63, 3.8) is 0 Å². The average Bonchev–Trinajstić information content (AvgIpc) is 3.06. The molecule has 1 aliphatic rings. The Morgan fingerprint density at radius 3 is 1.52 bits per heavy atom. The third-order valence-corrected chi connectivity index (χ3v) is 7.99. The van der Waals surface area contributed by atoms with Gasteiger partial charge in [0.25, 0.3) is 0 Å². The van der Waals surface area contributed by atoms with Gasteiger partial charge in [0.15, 0.2) is 0 Å². The molecule has 0 unspecified atom stereocenters. The Kier molecular flexibility index (Phi) is 12.8. The maximum atomic E-state index is 3.81. The van der Waals surface area contributed by atoms with E-state index in [2.05, 4.69) is 104 Å². The summed E-state index contributed by atoms with van der Waals surface area (Å²) >= 11 is 0. The van der Waals surface area contributed by atoms with E-state index in [1.165, 1.54) is 32.3 Å². The molecular formula is C24H21Cl3SiTi. The fourth-order valence-corrected chi connectivity index (χ4v) is 6.87. The molecule has 0 heterocycles. The van der Waals surface area contributed by atoms with Crippen LogP contribution in [0.3, 0.4) is 0 Å². The Hall–Kier alpha value is -1.06. The molecule has 0 aromatic heterocycles. The molecule has 4 rings (SSSR count). The molecule has 1 aliphatic carbocycles. The van der Waals surface area contributed by atoms with Crippen LogP contribution in [-0.2, 0) is 21.7 Å². The summed E-state index contributed by atoms with van der Waals surface area (Å²) in [5.41, 5.74) is 4.01. The monoisotopic (exact) mass is 490 g/mol. The quantitative estimate of drug-likeness (QED) is 0.254. The second kappa shape index (κ2) is 13.3. The van der Waals surface area contributed by atoms with Crippen LogP contribution < -0.4 is 47.6 Å². The predicted octanol–water partition coefficient (Wildman–Crippen LogP) is -4.82. The third kappa shape index (κ3) is 6.46. The van der Waals surface area contributed by atoms with Gasteiger partial charge in [-0.2, -0.15) is 17.2 Å². The van der Waals surface area contributed by atoms with Gasteiger partial charge in [0.1, 0.15) is 8.80 Å². The second-order valence-corrected chi connectivity index (χ2v) is 9.50. The van der Waals surface area contributed by atoms with Crippen molar-refractivity contribution in [2.24, 2.45) is 0 Å². The molecule has 0 saturated heterocycles. The van der Waals surface area contributed by atoms with E-state index < -0.39 is 8.80 Å². The smallest absolute Gasteiger partial charge is 1.00 e. The number of hydrogen-bond donors (Lipinski definition) is 0. The van der Waals surface area contributed by atoms with Crippen LogP contribution in [-0.4, -0.2) is 8.80 Å². The van der Waals surface area contributed by atoms with Gasteiger partial charge in [0, 0.05) is 0 Å². The number of hydrogen-bond acceptors (Lipinski definition) is 0. The van der Waals surface area contributed by atoms with Gasteiger partial charge in [-0.1, -0.05) is 103 Å². The van der Waals surface area contributed by atoms with Crippen LogP contribution in [0.4, 0.5) is 0 Å². The Morgan fingerprint density at radius 1 is 0.655 bits per heavy atom. The van der Waals surface area contributed by atoms with Crippen LogP contribution in [0.5, 0.6) is 0 Å². The molecule has 3 aromatic carbocycles. The van der Waals surface area contributed by atoms with Crippen LogP contribution in [0.1, 0.15) is 18.9 Å². The van der Waals surface area contributed by atoms with E-state index in [0.717, 1.165) is 6.42 Å². The van der Waals surface area contributed by atoms with E-state index in [1.807, 2.05) is 0 Å². The molecule has 0 aliphatic heterocycles. The molecule has 0 bridgehead atoms. The van der Waals surface area contributed by atoms with Crippen molar-refractivity contribution in [1.29, 1.82) is 0 Å². The summed E-state index contributed by atoms with van der Waals surface area (Å²) < 4.78 is 0. The van der Waals surface area contributed by atoms with E-state index in [1.54, 1.807) is 0 Å². The van der Waals surface area contributed by atoms with Crippen molar-refractivity contribution in [3.05, 3.63) is 113 Å². The number of rotatable bonds is 4. The van der Waals surface area contributed by atoms with Crippen LogP contribution in [0.25, 0.3) is 5.57 Å². The van der Waals surface area contributed by atoms with Gasteiger partial charge in [-0.05, 0) is 0 Å². The molecule has 0 fully saturated rings. The van der Waals surface area contributed by atoms with E-state index in [9.17, 15) is 0 Å². The average molecular weight is 492 g/mol. The molecular weight excluding hydrogens is 471 g/mol. The summed E-state index contributed by atoms with van der Waals surface area (Å²) in [6.07, 6.45) is 4.86. The molecule has 146 valence electrons. The van der Waals surface area contributed by atoms with Gasteiger partial charge in [-0.25, -0.2) is 0 Å². The largest absolute Gasteiger partial charge is 4.00 e. The summed E-state index contributed by atoms with van der Waals surface area (Å²) in [5, 5.41) is 4.44. The van der Waals surface area contributed by atoms with E-state index in [0.29, 0.717) is 0 Å². The second-order valence-electron chi connectivity index (χ2n) is 6.60. The van der Waals surface area contributed by atoms with Gasteiger partial charge in [-0.3, -0.25) is 0 Å². The van der Waals surface area contributed by atoms with Gasteiger partial charge in [0.2, 0.25) is 0 Å². The molecule has 0 radical (unpaired) electrons. The van der Waals surface area contributed by atoms with Gasteiger partial charge in [0.05, 0.1) is 0 Å². The molecule has 3 aromatic rings. The standard InChI is InChI=1S/C24H21Si.3ClH.Ti/c1-19-17-23(18-24(19)20-11-5-2-6-12-20)25(21-13-7-3-8-14-21)22-15-9-4-10-16-22;;;;/h2-16,25H,17H2,1H3;3*1H;/q-1;;;;+4/p-3. The summed E-state index contributed by atoms with van der Waals surface area (Å²) in [5.74, 6) is 0. The topological polar surface area (TPSA) is 0 Å². The Labute approximate surface area is 209 Å². The van der Waals surface area contributed by atoms with E-state index in [4.69, 9.17) is 0 Å². The maximum Gasteiger partial charge on any atom is 4.00 e. The third-order valence-electron chi connectivity index (χ3n) is 4.84. The van der Waals surface area contributed by atoms with Crippen LogP contribution in [0.2, 0.25) is 0 Å². The summed E-state index contributed by atoms with van der Waals surface area (Å²) in [6.45, 7) is 2.25. The molecule has 29 heavy (non-hydrogen) atoms. The van der Waals surface area contributed by atoms with Crippen molar-refractivity contribution >= 4 is 24.7 Å². The minimum absolute atomic E-state index is 0. The Bertz CT molecular complexity index is 887. The fraction of sp³-hybridized carbons (Fsp3) is 0.0833. The fourth-order valence-electron chi connectivity index (χ4n) is 3.67. The maximum absolute atomic E-state index is 3.81. The van der Waals surface area contributed by atoms with E-state index >= 15 is 0 Å². The van der Waals surface area contributed by atoms with Crippen molar-refractivity contribution < 1.29 is 58.9 Å². The molecule has 0 saturated carbocycles. The zero-order valence-corrected chi connectivity index (χ0v) is 21.1. The first-order chi connectivity index (χ1) is 12.3. The minimum atomic E-state index is -1.44. The van der Waals surface area contributed by atoms with Gasteiger partial charge < -0.3 is 37.2 Å². The zero-order chi connectivity index (χ0) is 17.1. The first-order valence-electron chi connectivity index (χ1n) is 8.81. The van der Waals surface area contributed by atoms with Crippen molar-refractivity contribution in [3.8, 4) is 0 Å². The first kappa shape index (κ1) is 27.9. The van der Waals surface area contributed by atoms with Gasteiger partial charge in [-0.15, -0.1) is 22.9 Å². The molecule has 0 N–H and O–H groups in total. The zero-order valence-electron chi connectivity index (χ0n) is 16.1. The van der Waals surface area contributed by atoms with Crippen LogP contribution in [0, 0.1) is 6.08 Å². The summed E-state index contributed by atoms with van der Waals surface area (Å²) in [7, 11) is -1.44. The molecule has 0 atom stereocenters. The molecule has 5 heteroatoms. The SMILES string of the molecule is CC1=C(c2ccccc2)[C-]=C([SiH](c2ccccc2)c2ccccc2)C1.[Cl-].[Cl-].[Cl-].[Ti+4]. The van der Waals surface area contributed by atoms with E-state index in [-0.39, 0.29) is 58.9 Å². The summed E-state index contributed by atoms with van der Waals surface area (Å²) in [6, 6.07) is 32.7. The Balaban J connectivity index is 0.00000196. The molecule has 0 nitrogen and oxygen atoms in total. The Morgan fingerprint density at radius 2 is 1.07 bits per heavy atom. The van der Waals surface area contributed by atoms with Crippen molar-refractivity contribution in [2.45, 2.75) is 13.3 Å². The van der Waals surface area contributed by atoms with Crippen LogP contribution >= 0.6 is 0 Å². The van der Waals surface area contributed by atoms with Crippen molar-refractivity contribution in [2.75, 3.05) is 0 Å². The number of benzene rings is 3. The van der Waals surface area contributed by atoms with Crippen LogP contribution in [0.15, 0.2) is 102 Å². The first-order valence-corrected chi connectivity index (χ1v) is 10.5. The predicted molar refractivity (Wildman–Crippen MR) is 110 cm³/mol. The molecule has 0 amide bonds. The van der Waals surface area contributed by atoms with Gasteiger partial charge >= 0.3 is 21.7 Å². The summed E-state index contributed by atoms with van der Waals surface area (Å²) in [4.78, 5) is 0. The number of halogens is 3. The normalized spacial score (nSPS) is 12.1. The number of allylic oxidation sites excluding steroid dienone is 4. The minimum Gasteiger partial charge on any atom is -1.00 e. The van der Waals surface area contributed by atoms with Crippen molar-refractivity contribution in [1.82, 2.24) is 0 Å².